The van der Waals surface area contributed by atoms with Crippen LogP contribution in [0.1, 0.15) is 21.6 Å². The third-order valence-electron chi connectivity index (χ3n) is 5.34. The molecular formula is C22H24ClN5O2. The second-order valence-electron chi connectivity index (χ2n) is 7.36. The van der Waals surface area contributed by atoms with Crippen LogP contribution in [0.15, 0.2) is 48.7 Å². The van der Waals surface area contributed by atoms with E-state index in [-0.39, 0.29) is 5.91 Å². The fraction of sp³-hybridized carbons (Fsp3) is 0.318. The Kier molecular flexibility index (Phi) is 5.90. The number of nitrogens with zero attached hydrogens (tertiary/aromatic N) is 5. The van der Waals surface area contributed by atoms with E-state index in [1.807, 2.05) is 47.4 Å². The van der Waals surface area contributed by atoms with Crippen LogP contribution in [-0.4, -0.2) is 59.1 Å². The second-order valence-corrected chi connectivity index (χ2v) is 7.80. The Morgan fingerprint density at radius 1 is 1.10 bits per heavy atom. The van der Waals surface area contributed by atoms with Crippen molar-refractivity contribution in [1.29, 1.82) is 0 Å². The highest BCUT2D eigenvalue weighted by Crippen LogP contribution is 2.25. The number of halogens is 1. The van der Waals surface area contributed by atoms with Crippen molar-refractivity contribution < 1.29 is 9.53 Å². The van der Waals surface area contributed by atoms with Gasteiger partial charge in [-0.25, -0.2) is 4.68 Å². The molecule has 0 radical (unpaired) electrons. The van der Waals surface area contributed by atoms with Gasteiger partial charge in [0, 0.05) is 36.9 Å². The predicted molar refractivity (Wildman–Crippen MR) is 116 cm³/mol. The molecule has 0 aliphatic carbocycles. The van der Waals surface area contributed by atoms with Crippen LogP contribution in [0.5, 0.6) is 5.75 Å². The van der Waals surface area contributed by atoms with Gasteiger partial charge < -0.3 is 14.5 Å². The standard InChI is InChI=1S/C22H24ClN5O2/c1-16-3-6-18(23)13-21(16)26-9-11-27(12-10-26)22(29)20-15-28(25-24-20)14-17-4-7-19(30-2)8-5-17/h3-8,13,15H,9-12,14H2,1-2H3. The van der Waals surface area contributed by atoms with Crippen molar-refractivity contribution in [2.45, 2.75) is 13.5 Å². The van der Waals surface area contributed by atoms with Crippen LogP contribution in [0.25, 0.3) is 0 Å². The number of ether oxygens (including phenoxy) is 1. The Morgan fingerprint density at radius 3 is 2.53 bits per heavy atom. The van der Waals surface area contributed by atoms with Gasteiger partial charge in [0.05, 0.1) is 19.9 Å². The topological polar surface area (TPSA) is 63.5 Å². The normalized spacial score (nSPS) is 14.1. The fourth-order valence-electron chi connectivity index (χ4n) is 3.63. The number of carbonyl (C=O) groups is 1. The van der Waals surface area contributed by atoms with E-state index in [0.717, 1.165) is 35.1 Å². The number of hydrogen-bond donors (Lipinski definition) is 0. The molecule has 0 spiro atoms. The van der Waals surface area contributed by atoms with E-state index in [1.165, 1.54) is 5.56 Å². The number of anilines is 1. The van der Waals surface area contributed by atoms with Gasteiger partial charge in [-0.2, -0.15) is 0 Å². The quantitative estimate of drug-likeness (QED) is 0.627. The molecule has 8 heteroatoms. The third-order valence-corrected chi connectivity index (χ3v) is 5.58. The maximum atomic E-state index is 12.9. The minimum atomic E-state index is -0.0848. The molecule has 0 saturated carbocycles. The molecule has 0 N–H and O–H groups in total. The van der Waals surface area contributed by atoms with Gasteiger partial charge in [-0.3, -0.25) is 4.79 Å². The Labute approximate surface area is 180 Å². The number of rotatable bonds is 5. The van der Waals surface area contributed by atoms with E-state index < -0.39 is 0 Å². The largest absolute Gasteiger partial charge is 0.497 e. The molecule has 156 valence electrons. The Hall–Kier alpha value is -3.06. The molecule has 1 aliphatic rings. The number of carbonyl (C=O) groups excluding carboxylic acids is 1. The van der Waals surface area contributed by atoms with Crippen molar-refractivity contribution in [3.8, 4) is 5.75 Å². The molecule has 30 heavy (non-hydrogen) atoms. The zero-order chi connectivity index (χ0) is 21.1. The maximum absolute atomic E-state index is 12.9. The molecule has 1 aliphatic heterocycles. The van der Waals surface area contributed by atoms with Gasteiger partial charge in [-0.15, -0.1) is 5.10 Å². The molecule has 0 unspecified atom stereocenters. The van der Waals surface area contributed by atoms with Crippen molar-refractivity contribution in [3.05, 3.63) is 70.5 Å². The van der Waals surface area contributed by atoms with E-state index in [1.54, 1.807) is 18.0 Å². The first-order valence-electron chi connectivity index (χ1n) is 9.87. The van der Waals surface area contributed by atoms with E-state index in [2.05, 4.69) is 22.1 Å². The molecule has 7 nitrogen and oxygen atoms in total. The number of aromatic nitrogens is 3. The van der Waals surface area contributed by atoms with Crippen molar-refractivity contribution in [2.24, 2.45) is 0 Å². The van der Waals surface area contributed by atoms with Crippen LogP contribution >= 0.6 is 11.6 Å². The van der Waals surface area contributed by atoms with Crippen LogP contribution in [-0.2, 0) is 6.54 Å². The smallest absolute Gasteiger partial charge is 0.276 e. The van der Waals surface area contributed by atoms with E-state index in [0.29, 0.717) is 25.3 Å². The van der Waals surface area contributed by atoms with E-state index in [9.17, 15) is 4.79 Å². The lowest BCUT2D eigenvalue weighted by Crippen LogP contribution is -2.49. The number of aryl methyl sites for hydroxylation is 1. The first-order valence-corrected chi connectivity index (χ1v) is 10.2. The van der Waals surface area contributed by atoms with Crippen molar-refractivity contribution >= 4 is 23.2 Å². The number of piperazine rings is 1. The Bertz CT molecular complexity index is 1030. The van der Waals surface area contributed by atoms with Crippen LogP contribution in [0.3, 0.4) is 0 Å². The zero-order valence-electron chi connectivity index (χ0n) is 17.1. The number of benzene rings is 2. The molecule has 1 amide bonds. The van der Waals surface area contributed by atoms with Crippen LogP contribution in [0.2, 0.25) is 5.02 Å². The van der Waals surface area contributed by atoms with E-state index >= 15 is 0 Å². The SMILES string of the molecule is COc1ccc(Cn2cc(C(=O)N3CCN(c4cc(Cl)ccc4C)CC3)nn2)cc1. The highest BCUT2D eigenvalue weighted by atomic mass is 35.5. The zero-order valence-corrected chi connectivity index (χ0v) is 17.8. The maximum Gasteiger partial charge on any atom is 0.276 e. The summed E-state index contributed by atoms with van der Waals surface area (Å²) in [6, 6.07) is 13.7. The summed E-state index contributed by atoms with van der Waals surface area (Å²) in [6.45, 7) is 5.41. The molecule has 4 rings (SSSR count). The molecule has 1 saturated heterocycles. The minimum absolute atomic E-state index is 0.0848. The van der Waals surface area contributed by atoms with Gasteiger partial charge in [0.1, 0.15) is 5.75 Å². The molecule has 1 aromatic heterocycles. The predicted octanol–water partition coefficient (Wildman–Crippen LogP) is 3.26. The average molecular weight is 426 g/mol. The fourth-order valence-corrected chi connectivity index (χ4v) is 3.79. The van der Waals surface area contributed by atoms with Gasteiger partial charge in [0.15, 0.2) is 5.69 Å². The molecule has 2 aromatic carbocycles. The summed E-state index contributed by atoms with van der Waals surface area (Å²) < 4.78 is 6.86. The van der Waals surface area contributed by atoms with Crippen LogP contribution < -0.4 is 9.64 Å². The molecule has 1 fully saturated rings. The van der Waals surface area contributed by atoms with Gasteiger partial charge in [-0.05, 0) is 42.3 Å². The van der Waals surface area contributed by atoms with Crippen molar-refractivity contribution in [1.82, 2.24) is 19.9 Å². The highest BCUT2D eigenvalue weighted by Gasteiger charge is 2.25. The van der Waals surface area contributed by atoms with Crippen molar-refractivity contribution in [3.63, 3.8) is 0 Å². The lowest BCUT2D eigenvalue weighted by Gasteiger charge is -2.36. The Balaban J connectivity index is 1.37. The first kappa shape index (κ1) is 20.2. The first-order chi connectivity index (χ1) is 14.5. The summed E-state index contributed by atoms with van der Waals surface area (Å²) in [7, 11) is 1.64. The van der Waals surface area contributed by atoms with Crippen molar-refractivity contribution in [2.75, 3.05) is 38.2 Å². The summed E-state index contributed by atoms with van der Waals surface area (Å²) >= 11 is 6.16. The summed E-state index contributed by atoms with van der Waals surface area (Å²) in [5.41, 5.74) is 3.74. The van der Waals surface area contributed by atoms with Gasteiger partial charge in [-0.1, -0.05) is 35.0 Å². The van der Waals surface area contributed by atoms with Crippen LogP contribution in [0, 0.1) is 6.92 Å². The van der Waals surface area contributed by atoms with Crippen LogP contribution in [0.4, 0.5) is 5.69 Å². The second kappa shape index (κ2) is 8.75. The number of methoxy groups -OCH3 is 1. The minimum Gasteiger partial charge on any atom is -0.497 e. The molecule has 0 bridgehead atoms. The van der Waals surface area contributed by atoms with Gasteiger partial charge in [0.2, 0.25) is 0 Å². The summed E-state index contributed by atoms with van der Waals surface area (Å²) in [5, 5.41) is 8.93. The third kappa shape index (κ3) is 4.41. The summed E-state index contributed by atoms with van der Waals surface area (Å²) in [5.74, 6) is 0.721. The molecule has 3 aromatic rings. The molecular weight excluding hydrogens is 402 g/mol. The highest BCUT2D eigenvalue weighted by molar-refractivity contribution is 6.30. The number of amides is 1. The lowest BCUT2D eigenvalue weighted by molar-refractivity contribution is 0.0740. The monoisotopic (exact) mass is 425 g/mol. The lowest BCUT2D eigenvalue weighted by atomic mass is 10.1. The Morgan fingerprint density at radius 2 is 1.83 bits per heavy atom. The number of hydrogen-bond acceptors (Lipinski definition) is 5. The average Bonchev–Trinajstić information content (AvgIpc) is 3.24. The van der Waals surface area contributed by atoms with E-state index in [4.69, 9.17) is 16.3 Å². The molecule has 0 atom stereocenters. The summed E-state index contributed by atoms with van der Waals surface area (Å²) in [4.78, 5) is 17.0. The summed E-state index contributed by atoms with van der Waals surface area (Å²) in [6.07, 6.45) is 1.71. The van der Waals surface area contributed by atoms with Gasteiger partial charge >= 0.3 is 0 Å². The molecule has 2 heterocycles. The van der Waals surface area contributed by atoms with Gasteiger partial charge in [0.25, 0.3) is 5.91 Å².